The van der Waals surface area contributed by atoms with Crippen molar-refractivity contribution in [3.63, 3.8) is 0 Å². The highest BCUT2D eigenvalue weighted by molar-refractivity contribution is 5.96. The smallest absolute Gasteiger partial charge is 0.332 e. The van der Waals surface area contributed by atoms with Crippen LogP contribution in [0.5, 0.6) is 0 Å². The molecule has 128 valence electrons. The summed E-state index contributed by atoms with van der Waals surface area (Å²) in [5.74, 6) is -0.192. The van der Waals surface area contributed by atoms with E-state index in [1.54, 1.807) is 11.9 Å². The lowest BCUT2D eigenvalue weighted by Crippen LogP contribution is -2.48. The lowest BCUT2D eigenvalue weighted by atomic mass is 10.1. The highest BCUT2D eigenvalue weighted by Gasteiger charge is 2.27. The Balaban J connectivity index is 2.07. The molecule has 1 amide bonds. The molecular formula is C16H20N4O4. The van der Waals surface area contributed by atoms with Crippen LogP contribution in [0.3, 0.4) is 0 Å². The van der Waals surface area contributed by atoms with Crippen LogP contribution in [0.2, 0.25) is 0 Å². The number of fused-ring (bicyclic) bond motifs is 1. The van der Waals surface area contributed by atoms with Crippen molar-refractivity contribution in [1.29, 1.82) is 0 Å². The van der Waals surface area contributed by atoms with Crippen LogP contribution in [-0.4, -0.2) is 50.2 Å². The van der Waals surface area contributed by atoms with E-state index in [1.165, 1.54) is 23.9 Å². The first-order valence-electron chi connectivity index (χ1n) is 7.80. The second kappa shape index (κ2) is 5.86. The summed E-state index contributed by atoms with van der Waals surface area (Å²) in [5.41, 5.74) is -0.309. The maximum atomic E-state index is 12.7. The number of rotatable bonds is 1. The number of aryl methyl sites for hydroxylation is 1. The quantitative estimate of drug-likeness (QED) is 0.727. The minimum atomic E-state index is -0.459. The van der Waals surface area contributed by atoms with Gasteiger partial charge < -0.3 is 9.64 Å². The SMILES string of the molecule is C[C@@H]1CN(C(=O)c2cnc3c(c2)c(=O)n(C)c(=O)n3C)C[C@H](C)O1. The Hall–Kier alpha value is -2.48. The fourth-order valence-corrected chi connectivity index (χ4v) is 3.11. The molecule has 0 radical (unpaired) electrons. The minimum absolute atomic E-state index is 0.0418. The molecule has 8 heteroatoms. The molecule has 1 aliphatic rings. The van der Waals surface area contributed by atoms with Crippen molar-refractivity contribution in [3.05, 3.63) is 38.7 Å². The lowest BCUT2D eigenvalue weighted by molar-refractivity contribution is -0.0586. The number of nitrogens with zero attached hydrogens (tertiary/aromatic N) is 4. The van der Waals surface area contributed by atoms with Crippen LogP contribution < -0.4 is 11.2 Å². The van der Waals surface area contributed by atoms with Gasteiger partial charge in [-0.05, 0) is 19.9 Å². The molecule has 1 fully saturated rings. The van der Waals surface area contributed by atoms with Crippen LogP contribution in [0.1, 0.15) is 24.2 Å². The van der Waals surface area contributed by atoms with Crippen molar-refractivity contribution in [1.82, 2.24) is 19.0 Å². The topological polar surface area (TPSA) is 86.4 Å². The summed E-state index contributed by atoms with van der Waals surface area (Å²) in [6, 6.07) is 1.51. The van der Waals surface area contributed by atoms with E-state index in [2.05, 4.69) is 4.98 Å². The Morgan fingerprint density at radius 2 is 1.79 bits per heavy atom. The molecule has 3 rings (SSSR count). The molecule has 0 aromatic carbocycles. The molecule has 24 heavy (non-hydrogen) atoms. The average molecular weight is 332 g/mol. The molecule has 2 aromatic rings. The highest BCUT2D eigenvalue weighted by Crippen LogP contribution is 2.15. The van der Waals surface area contributed by atoms with Gasteiger partial charge in [-0.25, -0.2) is 9.78 Å². The molecule has 0 bridgehead atoms. The Kier molecular flexibility index (Phi) is 4.00. The Morgan fingerprint density at radius 3 is 2.42 bits per heavy atom. The number of aromatic nitrogens is 3. The zero-order valence-corrected chi connectivity index (χ0v) is 14.1. The van der Waals surface area contributed by atoms with Crippen molar-refractivity contribution < 1.29 is 9.53 Å². The van der Waals surface area contributed by atoms with Crippen molar-refractivity contribution >= 4 is 16.9 Å². The molecule has 2 aromatic heterocycles. The van der Waals surface area contributed by atoms with Gasteiger partial charge in [0.1, 0.15) is 5.65 Å². The number of carbonyl (C=O) groups is 1. The van der Waals surface area contributed by atoms with Gasteiger partial charge in [0.2, 0.25) is 0 Å². The van der Waals surface area contributed by atoms with Crippen LogP contribution in [0, 0.1) is 0 Å². The zero-order chi connectivity index (χ0) is 17.6. The van der Waals surface area contributed by atoms with Crippen molar-refractivity contribution in [2.75, 3.05) is 13.1 Å². The van der Waals surface area contributed by atoms with Crippen LogP contribution in [-0.2, 0) is 18.8 Å². The van der Waals surface area contributed by atoms with Gasteiger partial charge in [0.05, 0.1) is 23.2 Å². The molecule has 1 aliphatic heterocycles. The van der Waals surface area contributed by atoms with Crippen molar-refractivity contribution in [2.45, 2.75) is 26.1 Å². The predicted molar refractivity (Wildman–Crippen MR) is 88.1 cm³/mol. The normalized spacial score (nSPS) is 21.2. The van der Waals surface area contributed by atoms with Crippen LogP contribution in [0.4, 0.5) is 0 Å². The van der Waals surface area contributed by atoms with Gasteiger partial charge in [-0.3, -0.25) is 18.7 Å². The summed E-state index contributed by atoms with van der Waals surface area (Å²) in [4.78, 5) is 42.9. The Labute approximate surface area is 138 Å². The molecule has 0 unspecified atom stereocenters. The van der Waals surface area contributed by atoms with Gasteiger partial charge >= 0.3 is 5.69 Å². The van der Waals surface area contributed by atoms with E-state index < -0.39 is 11.2 Å². The summed E-state index contributed by atoms with van der Waals surface area (Å²) in [6.07, 6.45) is 1.33. The molecule has 0 aliphatic carbocycles. The van der Waals surface area contributed by atoms with Crippen molar-refractivity contribution in [2.24, 2.45) is 14.1 Å². The van der Waals surface area contributed by atoms with E-state index >= 15 is 0 Å². The van der Waals surface area contributed by atoms with E-state index in [9.17, 15) is 14.4 Å². The first kappa shape index (κ1) is 16.4. The average Bonchev–Trinajstić information content (AvgIpc) is 2.56. The fourth-order valence-electron chi connectivity index (χ4n) is 3.11. The zero-order valence-electron chi connectivity index (χ0n) is 14.1. The first-order valence-corrected chi connectivity index (χ1v) is 7.80. The summed E-state index contributed by atoms with van der Waals surface area (Å²) < 4.78 is 7.94. The van der Waals surface area contributed by atoms with Gasteiger partial charge in [-0.15, -0.1) is 0 Å². The maximum absolute atomic E-state index is 12.7. The third-order valence-electron chi connectivity index (χ3n) is 4.25. The summed E-state index contributed by atoms with van der Waals surface area (Å²) in [5, 5.41) is 0.250. The number of pyridine rings is 1. The molecular weight excluding hydrogens is 312 g/mol. The van der Waals surface area contributed by atoms with E-state index in [-0.39, 0.29) is 29.1 Å². The standard InChI is InChI=1S/C16H20N4O4/c1-9-7-20(8-10(2)24-9)14(21)11-5-12-13(17-6-11)18(3)16(23)19(4)15(12)22/h5-6,9-10H,7-8H2,1-4H3/t9-,10+. The molecule has 3 heterocycles. The summed E-state index contributed by atoms with van der Waals surface area (Å²) >= 11 is 0. The van der Waals surface area contributed by atoms with Crippen LogP contribution >= 0.6 is 0 Å². The number of ether oxygens (including phenoxy) is 1. The molecule has 2 atom stereocenters. The maximum Gasteiger partial charge on any atom is 0.332 e. The van der Waals surface area contributed by atoms with Crippen LogP contribution in [0.25, 0.3) is 11.0 Å². The van der Waals surface area contributed by atoms with Gasteiger partial charge in [0.25, 0.3) is 11.5 Å². The van der Waals surface area contributed by atoms with Gasteiger partial charge in [-0.1, -0.05) is 0 Å². The minimum Gasteiger partial charge on any atom is -0.372 e. The van der Waals surface area contributed by atoms with Crippen LogP contribution in [0.15, 0.2) is 21.9 Å². The molecule has 1 saturated heterocycles. The van der Waals surface area contributed by atoms with E-state index in [4.69, 9.17) is 4.74 Å². The van der Waals surface area contributed by atoms with Crippen molar-refractivity contribution in [3.8, 4) is 0 Å². The van der Waals surface area contributed by atoms with Gasteiger partial charge in [0.15, 0.2) is 0 Å². The molecule has 0 spiro atoms. The third-order valence-corrected chi connectivity index (χ3v) is 4.25. The molecule has 0 saturated carbocycles. The third kappa shape index (κ3) is 2.62. The lowest BCUT2D eigenvalue weighted by Gasteiger charge is -2.35. The molecule has 0 N–H and O–H groups in total. The second-order valence-corrected chi connectivity index (χ2v) is 6.27. The second-order valence-electron chi connectivity index (χ2n) is 6.27. The summed E-state index contributed by atoms with van der Waals surface area (Å²) in [6.45, 7) is 4.82. The van der Waals surface area contributed by atoms with E-state index in [0.717, 1.165) is 4.57 Å². The van der Waals surface area contributed by atoms with Gasteiger partial charge in [0, 0.05) is 33.4 Å². The monoisotopic (exact) mass is 332 g/mol. The number of amides is 1. The highest BCUT2D eigenvalue weighted by atomic mass is 16.5. The molecule has 8 nitrogen and oxygen atoms in total. The number of morpholine rings is 1. The Bertz CT molecular complexity index is 920. The van der Waals surface area contributed by atoms with E-state index in [1.807, 2.05) is 13.8 Å². The van der Waals surface area contributed by atoms with E-state index in [0.29, 0.717) is 18.7 Å². The summed E-state index contributed by atoms with van der Waals surface area (Å²) in [7, 11) is 2.95. The fraction of sp³-hybridized carbons (Fsp3) is 0.500. The largest absolute Gasteiger partial charge is 0.372 e. The predicted octanol–water partition coefficient (Wildman–Crippen LogP) is -0.118. The first-order chi connectivity index (χ1) is 11.3. The number of hydrogen-bond acceptors (Lipinski definition) is 5. The van der Waals surface area contributed by atoms with Gasteiger partial charge in [-0.2, -0.15) is 0 Å². The number of hydrogen-bond donors (Lipinski definition) is 0. The number of carbonyl (C=O) groups excluding carboxylic acids is 1. The Morgan fingerprint density at radius 1 is 1.17 bits per heavy atom.